The van der Waals surface area contributed by atoms with E-state index in [1.54, 1.807) is 0 Å². The fourth-order valence-corrected chi connectivity index (χ4v) is 13.8. The first kappa shape index (κ1) is 97.1. The summed E-state index contributed by atoms with van der Waals surface area (Å²) in [6, 6.07) is 0. The van der Waals surface area contributed by atoms with Crippen LogP contribution in [-0.2, 0) is 65.4 Å². The molecule has 0 heterocycles. The molecule has 0 radical (unpaired) electrons. The lowest BCUT2D eigenvalue weighted by molar-refractivity contribution is -0.161. The van der Waals surface area contributed by atoms with Crippen LogP contribution < -0.4 is 0 Å². The first-order chi connectivity index (χ1) is 47.7. The first-order valence-corrected chi connectivity index (χ1v) is 44.3. The molecule has 99 heavy (non-hydrogen) atoms. The number of hydrogen-bond acceptors (Lipinski definition) is 15. The average Bonchev–Trinajstić information content (AvgIpc) is 1.31. The number of rotatable bonds is 77. The highest BCUT2D eigenvalue weighted by Crippen LogP contribution is 2.45. The molecule has 588 valence electrons. The number of ether oxygens (including phenoxy) is 4. The minimum absolute atomic E-state index is 0.105. The number of hydrogen-bond donors (Lipinski definition) is 3. The fraction of sp³-hybridized carbons (Fsp3) is 0.950. The van der Waals surface area contributed by atoms with Gasteiger partial charge in [-0.2, -0.15) is 0 Å². The standard InChI is InChI=1S/C80H156O17P2/c1-9-72(7)58-50-42-34-28-22-18-15-16-20-24-30-36-46-54-62-79(84)97-76(67-91-78(83)61-53-45-39-38-43-51-59-73(8)10-2)69-95-99(88,89)93-65-74(81)64-92-98(86,87)94-68-75(96-80(85)63-55-47-37-31-25-27-33-41-49-57-71(5)6)66-90-77(82)60-52-44-35-29-23-19-14-12-11-13-17-21-26-32-40-48-56-70(3)4/h70-76,81H,9-69H2,1-8H3,(H,86,87)(H,88,89)/t72?,73?,74-,75-,76-/m1/s1. The summed E-state index contributed by atoms with van der Waals surface area (Å²) in [6.45, 7) is 14.3. The molecule has 0 aliphatic rings. The summed E-state index contributed by atoms with van der Waals surface area (Å²) in [4.78, 5) is 73.0. The number of phosphoric acid groups is 2. The second-order valence-electron chi connectivity index (χ2n) is 30.2. The van der Waals surface area contributed by atoms with Gasteiger partial charge < -0.3 is 33.8 Å². The molecule has 17 nitrogen and oxygen atoms in total. The first-order valence-electron chi connectivity index (χ1n) is 41.3. The zero-order valence-corrected chi connectivity index (χ0v) is 66.9. The molecule has 0 aliphatic carbocycles. The van der Waals surface area contributed by atoms with E-state index < -0.39 is 97.5 Å². The SMILES string of the molecule is CCC(C)CCCCCCCCCCCCCCCCC(=O)O[C@H](COC(=O)CCCCCCCCC(C)CC)COP(=O)(O)OC[C@H](O)COP(=O)(O)OC[C@@H](COC(=O)CCCCCCCCCCCCCCCCCCC(C)C)OC(=O)CCCCCCCCCCCC(C)C. The third kappa shape index (κ3) is 71.5. The summed E-state index contributed by atoms with van der Waals surface area (Å²) in [5.41, 5.74) is 0. The van der Waals surface area contributed by atoms with Crippen molar-refractivity contribution in [1.82, 2.24) is 0 Å². The minimum Gasteiger partial charge on any atom is -0.462 e. The molecule has 0 fully saturated rings. The zero-order valence-electron chi connectivity index (χ0n) is 65.1. The highest BCUT2D eigenvalue weighted by atomic mass is 31.2. The Morgan fingerprint density at radius 3 is 0.717 bits per heavy atom. The van der Waals surface area contributed by atoms with Gasteiger partial charge in [0.1, 0.15) is 19.3 Å². The van der Waals surface area contributed by atoms with Gasteiger partial charge in [-0.05, 0) is 49.4 Å². The quantitative estimate of drug-likeness (QED) is 0.0222. The van der Waals surface area contributed by atoms with Gasteiger partial charge in [0, 0.05) is 25.7 Å². The van der Waals surface area contributed by atoms with Gasteiger partial charge in [0.15, 0.2) is 12.2 Å². The summed E-state index contributed by atoms with van der Waals surface area (Å²) in [5.74, 6) is 1.01. The lowest BCUT2D eigenvalue weighted by atomic mass is 9.99. The maximum atomic E-state index is 13.1. The molecule has 4 unspecified atom stereocenters. The van der Waals surface area contributed by atoms with Gasteiger partial charge in [-0.25, -0.2) is 9.13 Å². The molecular weight excluding hydrogens is 1290 g/mol. The van der Waals surface area contributed by atoms with Crippen molar-refractivity contribution in [1.29, 1.82) is 0 Å². The Morgan fingerprint density at radius 2 is 0.485 bits per heavy atom. The number of phosphoric ester groups is 2. The second-order valence-corrected chi connectivity index (χ2v) is 33.1. The molecule has 0 aromatic rings. The minimum atomic E-state index is -4.96. The lowest BCUT2D eigenvalue weighted by Gasteiger charge is -2.21. The van der Waals surface area contributed by atoms with Crippen molar-refractivity contribution in [3.05, 3.63) is 0 Å². The molecule has 0 aromatic heterocycles. The van der Waals surface area contributed by atoms with Crippen LogP contribution in [0, 0.1) is 23.7 Å². The summed E-state index contributed by atoms with van der Waals surface area (Å²) in [7, 11) is -9.92. The number of esters is 4. The molecule has 0 rings (SSSR count). The van der Waals surface area contributed by atoms with Gasteiger partial charge in [-0.15, -0.1) is 0 Å². The van der Waals surface area contributed by atoms with Crippen molar-refractivity contribution < 1.29 is 80.2 Å². The van der Waals surface area contributed by atoms with E-state index in [4.69, 9.17) is 37.0 Å². The van der Waals surface area contributed by atoms with Crippen molar-refractivity contribution in [2.24, 2.45) is 23.7 Å². The van der Waals surface area contributed by atoms with E-state index in [2.05, 4.69) is 55.4 Å². The molecule has 3 N–H and O–H groups in total. The van der Waals surface area contributed by atoms with Gasteiger partial charge in [-0.3, -0.25) is 37.3 Å². The molecule has 0 aromatic carbocycles. The van der Waals surface area contributed by atoms with Crippen LogP contribution in [-0.4, -0.2) is 96.7 Å². The van der Waals surface area contributed by atoms with E-state index in [0.29, 0.717) is 25.7 Å². The van der Waals surface area contributed by atoms with Gasteiger partial charge >= 0.3 is 39.5 Å². The largest absolute Gasteiger partial charge is 0.472 e. The molecule has 0 bridgehead atoms. The molecular formula is C80H156O17P2. The van der Waals surface area contributed by atoms with Gasteiger partial charge in [-0.1, -0.05) is 357 Å². The van der Waals surface area contributed by atoms with Crippen molar-refractivity contribution >= 4 is 39.5 Å². The van der Waals surface area contributed by atoms with E-state index in [1.807, 2.05) is 0 Å². The van der Waals surface area contributed by atoms with Gasteiger partial charge in [0.05, 0.1) is 26.4 Å². The Hall–Kier alpha value is -1.94. The van der Waals surface area contributed by atoms with Crippen LogP contribution in [0.15, 0.2) is 0 Å². The Kier molecular flexibility index (Phi) is 67.8. The third-order valence-electron chi connectivity index (χ3n) is 19.3. The molecule has 0 amide bonds. The number of aliphatic hydroxyl groups is 1. The highest BCUT2D eigenvalue weighted by molar-refractivity contribution is 7.47. The Bertz CT molecular complexity index is 1940. The van der Waals surface area contributed by atoms with Crippen molar-refractivity contribution in [3.8, 4) is 0 Å². The fourth-order valence-electron chi connectivity index (χ4n) is 12.2. The Balaban J connectivity index is 5.20. The molecule has 0 spiro atoms. The maximum absolute atomic E-state index is 13.1. The molecule has 0 saturated heterocycles. The maximum Gasteiger partial charge on any atom is 0.472 e. The van der Waals surface area contributed by atoms with Gasteiger partial charge in [0.2, 0.25) is 0 Å². The van der Waals surface area contributed by atoms with E-state index in [0.717, 1.165) is 120 Å². The number of carbonyl (C=O) groups is 4. The van der Waals surface area contributed by atoms with Crippen LogP contribution in [0.2, 0.25) is 0 Å². The Morgan fingerprint density at radius 1 is 0.283 bits per heavy atom. The Labute approximate surface area is 607 Å². The lowest BCUT2D eigenvalue weighted by Crippen LogP contribution is -2.30. The summed E-state index contributed by atoms with van der Waals surface area (Å²) in [5, 5.41) is 10.6. The number of carbonyl (C=O) groups excluding carboxylic acids is 4. The van der Waals surface area contributed by atoms with E-state index >= 15 is 0 Å². The van der Waals surface area contributed by atoms with E-state index in [-0.39, 0.29) is 25.7 Å². The molecule has 0 saturated carbocycles. The van der Waals surface area contributed by atoms with Gasteiger partial charge in [0.25, 0.3) is 0 Å². The zero-order chi connectivity index (χ0) is 73.1. The van der Waals surface area contributed by atoms with E-state index in [1.165, 1.54) is 205 Å². The van der Waals surface area contributed by atoms with Crippen molar-refractivity contribution in [3.63, 3.8) is 0 Å². The monoisotopic (exact) mass is 1450 g/mol. The van der Waals surface area contributed by atoms with E-state index in [9.17, 15) is 43.2 Å². The van der Waals surface area contributed by atoms with Crippen LogP contribution in [0.1, 0.15) is 409 Å². The molecule has 0 aliphatic heterocycles. The third-order valence-corrected chi connectivity index (χ3v) is 21.2. The molecule has 19 heteroatoms. The van der Waals surface area contributed by atoms with Crippen molar-refractivity contribution in [2.75, 3.05) is 39.6 Å². The second kappa shape index (κ2) is 69.1. The van der Waals surface area contributed by atoms with Crippen molar-refractivity contribution in [2.45, 2.75) is 427 Å². The smallest absolute Gasteiger partial charge is 0.462 e. The summed E-state index contributed by atoms with van der Waals surface area (Å²) < 4.78 is 68.7. The van der Waals surface area contributed by atoms with Crippen LogP contribution >= 0.6 is 15.6 Å². The molecule has 7 atom stereocenters. The predicted molar refractivity (Wildman–Crippen MR) is 404 cm³/mol. The predicted octanol–water partition coefficient (Wildman–Crippen LogP) is 23.6. The number of aliphatic hydroxyl groups excluding tert-OH is 1. The summed E-state index contributed by atoms with van der Waals surface area (Å²) >= 11 is 0. The van der Waals surface area contributed by atoms with Crippen LogP contribution in [0.25, 0.3) is 0 Å². The summed E-state index contributed by atoms with van der Waals surface area (Å²) in [6.07, 6.45) is 55.5. The topological polar surface area (TPSA) is 237 Å². The normalized spacial score (nSPS) is 14.6. The number of unbranched alkanes of at least 4 members (excludes halogenated alkanes) is 41. The van der Waals surface area contributed by atoms with Crippen LogP contribution in [0.3, 0.4) is 0 Å². The van der Waals surface area contributed by atoms with Crippen LogP contribution in [0.5, 0.6) is 0 Å². The average molecular weight is 1450 g/mol. The highest BCUT2D eigenvalue weighted by Gasteiger charge is 2.30. The van der Waals surface area contributed by atoms with Crippen LogP contribution in [0.4, 0.5) is 0 Å².